The van der Waals surface area contributed by atoms with E-state index in [0.717, 1.165) is 12.1 Å². The third-order valence-electron chi connectivity index (χ3n) is 3.17. The van der Waals surface area contributed by atoms with E-state index in [9.17, 15) is 24.4 Å². The molecule has 1 amide bonds. The second-order valence-electron chi connectivity index (χ2n) is 4.57. The van der Waals surface area contributed by atoms with Crippen LogP contribution in [0.15, 0.2) is 12.1 Å². The van der Waals surface area contributed by atoms with Crippen LogP contribution < -0.4 is 0 Å². The summed E-state index contributed by atoms with van der Waals surface area (Å²) >= 11 is 0. The first kappa shape index (κ1) is 13.4. The Morgan fingerprint density at radius 1 is 1.58 bits per heavy atom. The topological polar surface area (TPSA) is 83.7 Å². The quantitative estimate of drug-likeness (QED) is 0.646. The first-order valence-electron chi connectivity index (χ1n) is 5.82. The van der Waals surface area contributed by atoms with Gasteiger partial charge in [0.15, 0.2) is 0 Å². The number of aryl methyl sites for hydroxylation is 1. The Bertz CT molecular complexity index is 547. The minimum atomic E-state index is -0.958. The number of nitrogens with zero attached hydrogens (tertiary/aromatic N) is 2. The van der Waals surface area contributed by atoms with E-state index in [0.29, 0.717) is 18.5 Å². The fourth-order valence-corrected chi connectivity index (χ4v) is 2.13. The lowest BCUT2D eigenvalue weighted by Gasteiger charge is -2.16. The highest BCUT2D eigenvalue weighted by molar-refractivity contribution is 5.96. The Morgan fingerprint density at radius 3 is 2.79 bits per heavy atom. The van der Waals surface area contributed by atoms with Gasteiger partial charge >= 0.3 is 5.69 Å². The number of β-amino-alcohol motifs (C(OH)–C–C–N with tert-alkyl or cyclic N) is 1. The summed E-state index contributed by atoms with van der Waals surface area (Å²) in [4.78, 5) is 23.4. The Morgan fingerprint density at radius 2 is 2.26 bits per heavy atom. The molecule has 1 saturated heterocycles. The number of aliphatic hydroxyl groups excluding tert-OH is 1. The van der Waals surface area contributed by atoms with Gasteiger partial charge in [0.25, 0.3) is 5.91 Å². The van der Waals surface area contributed by atoms with Crippen molar-refractivity contribution in [1.29, 1.82) is 0 Å². The lowest BCUT2D eigenvalue weighted by molar-refractivity contribution is -0.387. The average molecular weight is 268 g/mol. The van der Waals surface area contributed by atoms with Crippen LogP contribution in [-0.4, -0.2) is 40.0 Å². The third-order valence-corrected chi connectivity index (χ3v) is 3.17. The van der Waals surface area contributed by atoms with Crippen LogP contribution in [0.1, 0.15) is 22.3 Å². The Balaban J connectivity index is 2.36. The highest BCUT2D eigenvalue weighted by atomic mass is 19.1. The maximum absolute atomic E-state index is 13.4. The molecule has 1 aromatic carbocycles. The Kier molecular flexibility index (Phi) is 3.48. The first-order chi connectivity index (χ1) is 8.90. The van der Waals surface area contributed by atoms with Crippen molar-refractivity contribution in [1.82, 2.24) is 4.90 Å². The summed E-state index contributed by atoms with van der Waals surface area (Å²) in [5.41, 5.74) is -0.273. The summed E-state index contributed by atoms with van der Waals surface area (Å²) in [6, 6.07) is 1.94. The smallest absolute Gasteiger partial charge is 0.305 e. The predicted octanol–water partition coefficient (Wildman–Crippen LogP) is 1.25. The molecule has 0 unspecified atom stereocenters. The zero-order chi connectivity index (χ0) is 14.2. The third kappa shape index (κ3) is 2.55. The standard InChI is InChI=1S/C12H13FN2O4/c1-7-4-10(13)11(15(18)19)5-9(7)12(17)14-3-2-8(16)6-14/h4-5,8,16H,2-3,6H2,1H3/t8-/m0/s1. The van der Waals surface area contributed by atoms with E-state index in [-0.39, 0.29) is 12.1 Å². The number of rotatable bonds is 2. The van der Waals surface area contributed by atoms with E-state index in [1.807, 2.05) is 0 Å². The van der Waals surface area contributed by atoms with Crippen LogP contribution in [0.4, 0.5) is 10.1 Å². The normalized spacial score (nSPS) is 18.7. The number of carbonyl (C=O) groups excluding carboxylic acids is 1. The van der Waals surface area contributed by atoms with Gasteiger partial charge in [-0.15, -0.1) is 0 Å². The second-order valence-corrected chi connectivity index (χ2v) is 4.57. The maximum atomic E-state index is 13.4. The number of likely N-dealkylation sites (tertiary alicyclic amines) is 1. The van der Waals surface area contributed by atoms with Crippen LogP contribution >= 0.6 is 0 Å². The van der Waals surface area contributed by atoms with Gasteiger partial charge in [-0.3, -0.25) is 14.9 Å². The SMILES string of the molecule is Cc1cc(F)c([N+](=O)[O-])cc1C(=O)N1CC[C@H](O)C1. The van der Waals surface area contributed by atoms with Crippen LogP contribution in [0, 0.1) is 22.9 Å². The fourth-order valence-electron chi connectivity index (χ4n) is 2.13. The van der Waals surface area contributed by atoms with Crippen LogP contribution in [0.3, 0.4) is 0 Å². The molecule has 2 rings (SSSR count). The van der Waals surface area contributed by atoms with E-state index >= 15 is 0 Å². The predicted molar refractivity (Wildman–Crippen MR) is 64.3 cm³/mol. The van der Waals surface area contributed by atoms with Crippen molar-refractivity contribution in [2.75, 3.05) is 13.1 Å². The van der Waals surface area contributed by atoms with E-state index in [1.54, 1.807) is 0 Å². The monoisotopic (exact) mass is 268 g/mol. The van der Waals surface area contributed by atoms with Crippen molar-refractivity contribution in [3.05, 3.63) is 39.2 Å². The summed E-state index contributed by atoms with van der Waals surface area (Å²) in [7, 11) is 0. The number of nitro benzene ring substituents is 1. The number of amides is 1. The van der Waals surface area contributed by atoms with Crippen molar-refractivity contribution < 1.29 is 19.2 Å². The molecule has 1 N–H and O–H groups in total. The highest BCUT2D eigenvalue weighted by Gasteiger charge is 2.28. The van der Waals surface area contributed by atoms with E-state index in [2.05, 4.69) is 0 Å². The Labute approximate surface area is 108 Å². The molecule has 6 nitrogen and oxygen atoms in total. The van der Waals surface area contributed by atoms with E-state index in [4.69, 9.17) is 0 Å². The first-order valence-corrected chi connectivity index (χ1v) is 5.82. The summed E-state index contributed by atoms with van der Waals surface area (Å²) < 4.78 is 13.4. The molecule has 1 heterocycles. The molecule has 0 bridgehead atoms. The highest BCUT2D eigenvalue weighted by Crippen LogP contribution is 2.24. The van der Waals surface area contributed by atoms with Crippen LogP contribution in [0.2, 0.25) is 0 Å². The van der Waals surface area contributed by atoms with Gasteiger partial charge in [-0.1, -0.05) is 0 Å². The van der Waals surface area contributed by atoms with Crippen molar-refractivity contribution >= 4 is 11.6 Å². The maximum Gasteiger partial charge on any atom is 0.305 e. The molecule has 0 spiro atoms. The second kappa shape index (κ2) is 4.93. The fraction of sp³-hybridized carbons (Fsp3) is 0.417. The lowest BCUT2D eigenvalue weighted by Crippen LogP contribution is -2.30. The van der Waals surface area contributed by atoms with Gasteiger partial charge in [0.2, 0.25) is 5.82 Å². The van der Waals surface area contributed by atoms with Crippen LogP contribution in [0.5, 0.6) is 0 Å². The number of carbonyl (C=O) groups is 1. The number of hydrogen-bond acceptors (Lipinski definition) is 4. The van der Waals surface area contributed by atoms with Crippen molar-refractivity contribution in [3.63, 3.8) is 0 Å². The van der Waals surface area contributed by atoms with Gasteiger partial charge in [0.05, 0.1) is 11.0 Å². The van der Waals surface area contributed by atoms with Gasteiger partial charge in [0, 0.05) is 24.7 Å². The zero-order valence-electron chi connectivity index (χ0n) is 10.3. The van der Waals surface area contributed by atoms with E-state index in [1.165, 1.54) is 11.8 Å². The molecule has 1 aliphatic heterocycles. The number of hydrogen-bond donors (Lipinski definition) is 1. The molecule has 0 saturated carbocycles. The van der Waals surface area contributed by atoms with Gasteiger partial charge in [-0.2, -0.15) is 4.39 Å². The molecule has 7 heteroatoms. The van der Waals surface area contributed by atoms with Gasteiger partial charge < -0.3 is 10.0 Å². The van der Waals surface area contributed by atoms with E-state index < -0.39 is 28.4 Å². The molecule has 0 aromatic heterocycles. The van der Waals surface area contributed by atoms with Gasteiger partial charge in [0.1, 0.15) is 0 Å². The zero-order valence-corrected chi connectivity index (χ0v) is 10.3. The van der Waals surface area contributed by atoms with Crippen LogP contribution in [-0.2, 0) is 0 Å². The molecule has 1 fully saturated rings. The minimum Gasteiger partial charge on any atom is -0.391 e. The summed E-state index contributed by atoms with van der Waals surface area (Å²) in [6.45, 7) is 2.11. The van der Waals surface area contributed by atoms with Crippen molar-refractivity contribution in [2.24, 2.45) is 0 Å². The van der Waals surface area contributed by atoms with Gasteiger partial charge in [-0.25, -0.2) is 0 Å². The molecule has 0 aliphatic carbocycles. The Hall–Kier alpha value is -2.02. The largest absolute Gasteiger partial charge is 0.391 e. The molecule has 102 valence electrons. The number of aliphatic hydroxyl groups is 1. The number of nitro groups is 1. The van der Waals surface area contributed by atoms with Crippen molar-refractivity contribution in [3.8, 4) is 0 Å². The molecule has 1 aliphatic rings. The number of benzene rings is 1. The molecule has 0 radical (unpaired) electrons. The summed E-state index contributed by atoms with van der Waals surface area (Å²) in [6.07, 6.45) is -0.0895. The molecule has 19 heavy (non-hydrogen) atoms. The minimum absolute atomic E-state index is 0.0993. The number of halogens is 1. The van der Waals surface area contributed by atoms with Gasteiger partial charge in [-0.05, 0) is 25.0 Å². The molecule has 1 aromatic rings. The average Bonchev–Trinajstić information content (AvgIpc) is 2.74. The molecular weight excluding hydrogens is 255 g/mol. The summed E-state index contributed by atoms with van der Waals surface area (Å²) in [5.74, 6) is -1.38. The lowest BCUT2D eigenvalue weighted by atomic mass is 10.1. The summed E-state index contributed by atoms with van der Waals surface area (Å²) in [5, 5.41) is 20.1. The molecular formula is C12H13FN2O4. The molecule has 1 atom stereocenters. The van der Waals surface area contributed by atoms with Crippen LogP contribution in [0.25, 0.3) is 0 Å². The van der Waals surface area contributed by atoms with Crippen molar-refractivity contribution in [2.45, 2.75) is 19.4 Å².